The number of carbonyl (C=O) groups is 2. The Balaban J connectivity index is 2.23. The zero-order valence-corrected chi connectivity index (χ0v) is 15.4. The summed E-state index contributed by atoms with van der Waals surface area (Å²) in [7, 11) is 1.26. The summed E-state index contributed by atoms with van der Waals surface area (Å²) in [6.45, 7) is 1.50. The van der Waals surface area contributed by atoms with Gasteiger partial charge >= 0.3 is 12.1 Å². The average Bonchev–Trinajstić information content (AvgIpc) is 2.62. The smallest absolute Gasteiger partial charge is 0.416 e. The number of benzene rings is 2. The molecular weight excluding hydrogens is 375 g/mol. The standard InChI is InChI=1S/C20H20F3NO4/c1-13(25)24(11-14-3-6-17(7-4-14)20(21,22)23)12-16-9-18(26)8-5-15(16)10-19(27)28-2/h3-9,26H,10-12H2,1-2H3. The highest BCUT2D eigenvalue weighted by Gasteiger charge is 2.30. The van der Waals surface area contributed by atoms with Crippen molar-refractivity contribution in [3.05, 3.63) is 64.7 Å². The van der Waals surface area contributed by atoms with Crippen molar-refractivity contribution >= 4 is 11.9 Å². The zero-order chi connectivity index (χ0) is 20.9. The number of hydrogen-bond donors (Lipinski definition) is 1. The molecule has 0 aromatic heterocycles. The van der Waals surface area contributed by atoms with Crippen molar-refractivity contribution in [2.45, 2.75) is 32.6 Å². The first-order chi connectivity index (χ1) is 13.1. The molecule has 8 heteroatoms. The lowest BCUT2D eigenvalue weighted by Crippen LogP contribution is -2.28. The first-order valence-electron chi connectivity index (χ1n) is 8.39. The van der Waals surface area contributed by atoms with E-state index < -0.39 is 17.7 Å². The third-order valence-electron chi connectivity index (χ3n) is 4.21. The number of esters is 1. The Labute approximate surface area is 160 Å². The highest BCUT2D eigenvalue weighted by atomic mass is 19.4. The molecule has 0 spiro atoms. The molecule has 28 heavy (non-hydrogen) atoms. The monoisotopic (exact) mass is 395 g/mol. The second-order valence-corrected chi connectivity index (χ2v) is 6.28. The molecule has 150 valence electrons. The summed E-state index contributed by atoms with van der Waals surface area (Å²) in [6.07, 6.45) is -4.46. The average molecular weight is 395 g/mol. The summed E-state index contributed by atoms with van der Waals surface area (Å²) in [5, 5.41) is 9.75. The minimum Gasteiger partial charge on any atom is -0.508 e. The Hall–Kier alpha value is -3.03. The first kappa shape index (κ1) is 21.3. The van der Waals surface area contributed by atoms with E-state index in [0.29, 0.717) is 16.7 Å². The van der Waals surface area contributed by atoms with Gasteiger partial charge in [0.2, 0.25) is 5.91 Å². The minimum atomic E-state index is -4.43. The van der Waals surface area contributed by atoms with Gasteiger partial charge in [0.05, 0.1) is 19.1 Å². The lowest BCUT2D eigenvalue weighted by atomic mass is 10.0. The van der Waals surface area contributed by atoms with Gasteiger partial charge in [-0.15, -0.1) is 0 Å². The normalized spacial score (nSPS) is 11.2. The van der Waals surface area contributed by atoms with Gasteiger partial charge in [0.25, 0.3) is 0 Å². The quantitative estimate of drug-likeness (QED) is 0.758. The van der Waals surface area contributed by atoms with Crippen LogP contribution in [0.4, 0.5) is 13.2 Å². The van der Waals surface area contributed by atoms with Crippen LogP contribution in [0, 0.1) is 0 Å². The van der Waals surface area contributed by atoms with Crippen molar-refractivity contribution in [2.24, 2.45) is 0 Å². The van der Waals surface area contributed by atoms with Gasteiger partial charge in [-0.2, -0.15) is 13.2 Å². The molecule has 0 atom stereocenters. The van der Waals surface area contributed by atoms with Crippen molar-refractivity contribution < 1.29 is 32.6 Å². The number of nitrogens with zero attached hydrogens (tertiary/aromatic N) is 1. The molecule has 0 aliphatic heterocycles. The fourth-order valence-corrected chi connectivity index (χ4v) is 2.66. The highest BCUT2D eigenvalue weighted by Crippen LogP contribution is 2.29. The summed E-state index contributed by atoms with van der Waals surface area (Å²) in [4.78, 5) is 25.0. The van der Waals surface area contributed by atoms with Crippen LogP contribution in [0.25, 0.3) is 0 Å². The van der Waals surface area contributed by atoms with E-state index in [0.717, 1.165) is 12.1 Å². The van der Waals surface area contributed by atoms with E-state index in [-0.39, 0.29) is 31.2 Å². The summed E-state index contributed by atoms with van der Waals surface area (Å²) in [6, 6.07) is 9.00. The summed E-state index contributed by atoms with van der Waals surface area (Å²) < 4.78 is 42.7. The number of alkyl halides is 3. The van der Waals surface area contributed by atoms with Crippen LogP contribution >= 0.6 is 0 Å². The predicted molar refractivity (Wildman–Crippen MR) is 95.2 cm³/mol. The van der Waals surface area contributed by atoms with Gasteiger partial charge in [-0.25, -0.2) is 0 Å². The molecule has 0 saturated heterocycles. The molecule has 1 amide bonds. The third-order valence-corrected chi connectivity index (χ3v) is 4.21. The molecule has 0 heterocycles. The fraction of sp³-hybridized carbons (Fsp3) is 0.300. The zero-order valence-electron chi connectivity index (χ0n) is 15.4. The summed E-state index contributed by atoms with van der Waals surface area (Å²) >= 11 is 0. The number of phenolic OH excluding ortho intramolecular Hbond substituents is 1. The van der Waals surface area contributed by atoms with E-state index in [1.165, 1.54) is 43.2 Å². The first-order valence-corrected chi connectivity index (χ1v) is 8.39. The van der Waals surface area contributed by atoms with Crippen molar-refractivity contribution in [1.29, 1.82) is 0 Å². The Morgan fingerprint density at radius 2 is 1.68 bits per heavy atom. The molecule has 5 nitrogen and oxygen atoms in total. The maximum atomic E-state index is 12.7. The van der Waals surface area contributed by atoms with Crippen LogP contribution in [0.15, 0.2) is 42.5 Å². The minimum absolute atomic E-state index is 0.0263. The maximum Gasteiger partial charge on any atom is 0.416 e. The molecule has 0 aliphatic rings. The van der Waals surface area contributed by atoms with E-state index in [4.69, 9.17) is 0 Å². The molecule has 0 unspecified atom stereocenters. The van der Waals surface area contributed by atoms with E-state index >= 15 is 0 Å². The second kappa shape index (κ2) is 8.77. The molecule has 2 aromatic carbocycles. The van der Waals surface area contributed by atoms with Gasteiger partial charge < -0.3 is 14.7 Å². The lowest BCUT2D eigenvalue weighted by Gasteiger charge is -2.23. The molecule has 0 bridgehead atoms. The van der Waals surface area contributed by atoms with E-state index in [2.05, 4.69) is 4.74 Å². The molecular formula is C20H20F3NO4. The van der Waals surface area contributed by atoms with Gasteiger partial charge in [-0.05, 0) is 41.0 Å². The Morgan fingerprint density at radius 3 is 2.21 bits per heavy atom. The van der Waals surface area contributed by atoms with Gasteiger partial charge in [-0.3, -0.25) is 9.59 Å². The molecule has 2 aromatic rings. The van der Waals surface area contributed by atoms with Crippen LogP contribution < -0.4 is 0 Å². The molecule has 0 saturated carbocycles. The predicted octanol–water partition coefficient (Wildman–Crippen LogP) is 3.68. The van der Waals surface area contributed by atoms with Crippen LogP contribution in [-0.4, -0.2) is 29.0 Å². The van der Waals surface area contributed by atoms with E-state index in [1.807, 2.05) is 0 Å². The van der Waals surface area contributed by atoms with Crippen molar-refractivity contribution in [1.82, 2.24) is 4.90 Å². The fourth-order valence-electron chi connectivity index (χ4n) is 2.66. The molecule has 0 radical (unpaired) electrons. The van der Waals surface area contributed by atoms with Crippen LogP contribution in [0.5, 0.6) is 5.75 Å². The molecule has 2 rings (SSSR count). The number of aromatic hydroxyl groups is 1. The molecule has 1 N–H and O–H groups in total. The maximum absolute atomic E-state index is 12.7. The number of amides is 1. The number of rotatable bonds is 6. The number of phenols is 1. The highest BCUT2D eigenvalue weighted by molar-refractivity contribution is 5.74. The molecule has 0 aliphatic carbocycles. The van der Waals surface area contributed by atoms with Crippen LogP contribution in [0.2, 0.25) is 0 Å². The second-order valence-electron chi connectivity index (χ2n) is 6.28. The summed E-state index contributed by atoms with van der Waals surface area (Å²) in [5.74, 6) is -0.794. The number of halogens is 3. The Kier molecular flexibility index (Phi) is 6.66. The lowest BCUT2D eigenvalue weighted by molar-refractivity contribution is -0.140. The van der Waals surface area contributed by atoms with Crippen molar-refractivity contribution in [3.8, 4) is 5.75 Å². The van der Waals surface area contributed by atoms with E-state index in [9.17, 15) is 27.9 Å². The number of carbonyl (C=O) groups excluding carboxylic acids is 2. The number of ether oxygens (including phenoxy) is 1. The topological polar surface area (TPSA) is 66.8 Å². The largest absolute Gasteiger partial charge is 0.508 e. The molecule has 0 fully saturated rings. The Morgan fingerprint density at radius 1 is 1.04 bits per heavy atom. The SMILES string of the molecule is COC(=O)Cc1ccc(O)cc1CN(Cc1ccc(C(F)(F)F)cc1)C(C)=O. The van der Waals surface area contributed by atoms with Crippen LogP contribution in [-0.2, 0) is 40.0 Å². The van der Waals surface area contributed by atoms with Gasteiger partial charge in [0.15, 0.2) is 0 Å². The van der Waals surface area contributed by atoms with Crippen molar-refractivity contribution in [2.75, 3.05) is 7.11 Å². The summed E-state index contributed by atoms with van der Waals surface area (Å²) in [5.41, 5.74) is 0.896. The van der Waals surface area contributed by atoms with Crippen LogP contribution in [0.1, 0.15) is 29.2 Å². The van der Waals surface area contributed by atoms with Gasteiger partial charge in [0, 0.05) is 20.0 Å². The van der Waals surface area contributed by atoms with Crippen molar-refractivity contribution in [3.63, 3.8) is 0 Å². The third kappa shape index (κ3) is 5.73. The number of hydrogen-bond acceptors (Lipinski definition) is 4. The van der Waals surface area contributed by atoms with Gasteiger partial charge in [0.1, 0.15) is 5.75 Å². The van der Waals surface area contributed by atoms with Gasteiger partial charge in [-0.1, -0.05) is 18.2 Å². The Bertz CT molecular complexity index is 848. The number of methoxy groups -OCH3 is 1. The van der Waals surface area contributed by atoms with Crippen LogP contribution in [0.3, 0.4) is 0 Å². The van der Waals surface area contributed by atoms with E-state index in [1.54, 1.807) is 6.07 Å².